The number of nitro groups is 1. The van der Waals surface area contributed by atoms with Crippen molar-refractivity contribution in [1.29, 1.82) is 0 Å². The fraction of sp³-hybridized carbons (Fsp3) is 0.143. The van der Waals surface area contributed by atoms with Gasteiger partial charge in [0.1, 0.15) is 6.61 Å². The molecule has 2 aromatic carbocycles. The Kier molecular flexibility index (Phi) is 6.83. The van der Waals surface area contributed by atoms with E-state index in [2.05, 4.69) is 34.2 Å². The number of non-ortho nitro benzene ring substituents is 1. The second-order valence-corrected chi connectivity index (χ2v) is 7.16. The van der Waals surface area contributed by atoms with E-state index in [1.54, 1.807) is 18.2 Å². The standard InChI is InChI=1S/C21H17IN2O6/c1-3-9-29-19-16(22)10-13(12-18(19)28-4-2)11-17-21(25)30-20(23-17)14-5-7-15(8-6-14)24(26)27/h3,5-8,10-12H,1,4,9H2,2H3/b17-11-. The molecular weight excluding hydrogens is 503 g/mol. The summed E-state index contributed by atoms with van der Waals surface area (Å²) in [4.78, 5) is 26.8. The van der Waals surface area contributed by atoms with E-state index in [1.165, 1.54) is 24.3 Å². The van der Waals surface area contributed by atoms with Crippen molar-refractivity contribution in [2.45, 2.75) is 6.92 Å². The highest BCUT2D eigenvalue weighted by molar-refractivity contribution is 14.1. The van der Waals surface area contributed by atoms with Crippen LogP contribution >= 0.6 is 22.6 Å². The lowest BCUT2D eigenvalue weighted by molar-refractivity contribution is -0.384. The van der Waals surface area contributed by atoms with Crippen LogP contribution < -0.4 is 9.47 Å². The number of carbonyl (C=O) groups excluding carboxylic acids is 1. The molecule has 0 spiro atoms. The van der Waals surface area contributed by atoms with Gasteiger partial charge in [-0.05, 0) is 65.4 Å². The van der Waals surface area contributed by atoms with Gasteiger partial charge in [0.05, 0.1) is 15.1 Å². The van der Waals surface area contributed by atoms with Crippen LogP contribution in [0.15, 0.2) is 59.7 Å². The number of nitro benzene ring substituents is 1. The lowest BCUT2D eigenvalue weighted by Gasteiger charge is -2.13. The second kappa shape index (κ2) is 9.53. The first kappa shape index (κ1) is 21.5. The number of halogens is 1. The molecule has 1 heterocycles. The molecule has 0 fully saturated rings. The lowest BCUT2D eigenvalue weighted by Crippen LogP contribution is -2.05. The summed E-state index contributed by atoms with van der Waals surface area (Å²) in [6, 6.07) is 9.20. The van der Waals surface area contributed by atoms with Gasteiger partial charge in [-0.2, -0.15) is 0 Å². The molecule has 0 unspecified atom stereocenters. The minimum Gasteiger partial charge on any atom is -0.490 e. The van der Waals surface area contributed by atoms with Crippen molar-refractivity contribution in [3.05, 3.63) is 79.6 Å². The molecule has 0 bridgehead atoms. The molecule has 154 valence electrons. The third kappa shape index (κ3) is 4.85. The lowest BCUT2D eigenvalue weighted by atomic mass is 10.1. The Morgan fingerprint density at radius 1 is 1.27 bits per heavy atom. The molecule has 1 aliphatic heterocycles. The molecule has 0 saturated carbocycles. The number of hydrogen-bond acceptors (Lipinski definition) is 7. The minimum atomic E-state index is -0.608. The normalized spacial score (nSPS) is 14.3. The third-order valence-electron chi connectivity index (χ3n) is 3.93. The predicted octanol–water partition coefficient (Wildman–Crippen LogP) is 4.51. The molecule has 9 heteroatoms. The van der Waals surface area contributed by atoms with Crippen LogP contribution in [0.3, 0.4) is 0 Å². The maximum Gasteiger partial charge on any atom is 0.363 e. The van der Waals surface area contributed by atoms with Gasteiger partial charge < -0.3 is 14.2 Å². The van der Waals surface area contributed by atoms with Crippen molar-refractivity contribution in [3.63, 3.8) is 0 Å². The van der Waals surface area contributed by atoms with Gasteiger partial charge in [-0.15, -0.1) is 0 Å². The molecule has 0 aromatic heterocycles. The van der Waals surface area contributed by atoms with Gasteiger partial charge in [0, 0.05) is 17.7 Å². The van der Waals surface area contributed by atoms with Gasteiger partial charge in [0.15, 0.2) is 17.2 Å². The molecule has 0 aliphatic carbocycles. The number of aliphatic imine (C=N–C) groups is 1. The van der Waals surface area contributed by atoms with Crippen molar-refractivity contribution in [2.75, 3.05) is 13.2 Å². The molecule has 0 N–H and O–H groups in total. The second-order valence-electron chi connectivity index (χ2n) is 6.00. The highest BCUT2D eigenvalue weighted by Crippen LogP contribution is 2.35. The van der Waals surface area contributed by atoms with Crippen LogP contribution in [0.25, 0.3) is 6.08 Å². The molecule has 0 amide bonds. The summed E-state index contributed by atoms with van der Waals surface area (Å²) in [7, 11) is 0. The van der Waals surface area contributed by atoms with E-state index in [-0.39, 0.29) is 17.3 Å². The summed E-state index contributed by atoms with van der Waals surface area (Å²) in [5.74, 6) is 0.628. The molecule has 3 rings (SSSR count). The van der Waals surface area contributed by atoms with E-state index >= 15 is 0 Å². The van der Waals surface area contributed by atoms with Gasteiger partial charge in [-0.1, -0.05) is 12.7 Å². The monoisotopic (exact) mass is 520 g/mol. The van der Waals surface area contributed by atoms with Gasteiger partial charge in [0.2, 0.25) is 5.90 Å². The average Bonchev–Trinajstić information content (AvgIpc) is 3.08. The molecule has 0 saturated heterocycles. The van der Waals surface area contributed by atoms with E-state index in [9.17, 15) is 14.9 Å². The van der Waals surface area contributed by atoms with Crippen molar-refractivity contribution >= 4 is 46.2 Å². The van der Waals surface area contributed by atoms with Crippen LogP contribution in [0, 0.1) is 13.7 Å². The van der Waals surface area contributed by atoms with Crippen LogP contribution in [-0.4, -0.2) is 30.0 Å². The maximum atomic E-state index is 12.3. The molecular formula is C21H17IN2O6. The van der Waals surface area contributed by atoms with Crippen LogP contribution in [0.5, 0.6) is 11.5 Å². The number of benzene rings is 2. The van der Waals surface area contributed by atoms with Crippen LogP contribution in [0.4, 0.5) is 5.69 Å². The Bertz CT molecular complexity index is 1060. The van der Waals surface area contributed by atoms with Gasteiger partial charge in [-0.3, -0.25) is 10.1 Å². The highest BCUT2D eigenvalue weighted by Gasteiger charge is 2.25. The fourth-order valence-corrected chi connectivity index (χ4v) is 3.41. The van der Waals surface area contributed by atoms with Gasteiger partial charge in [0.25, 0.3) is 5.69 Å². The summed E-state index contributed by atoms with van der Waals surface area (Å²) in [5.41, 5.74) is 1.21. The van der Waals surface area contributed by atoms with E-state index in [4.69, 9.17) is 14.2 Å². The molecule has 0 radical (unpaired) electrons. The molecule has 0 atom stereocenters. The predicted molar refractivity (Wildman–Crippen MR) is 120 cm³/mol. The zero-order valence-corrected chi connectivity index (χ0v) is 18.1. The average molecular weight is 520 g/mol. The minimum absolute atomic E-state index is 0.0590. The number of esters is 1. The van der Waals surface area contributed by atoms with Crippen molar-refractivity contribution in [2.24, 2.45) is 4.99 Å². The van der Waals surface area contributed by atoms with Crippen LogP contribution in [-0.2, 0) is 9.53 Å². The van der Waals surface area contributed by atoms with Gasteiger partial charge in [-0.25, -0.2) is 9.79 Å². The Morgan fingerprint density at radius 3 is 2.63 bits per heavy atom. The Morgan fingerprint density at radius 2 is 2.00 bits per heavy atom. The van der Waals surface area contributed by atoms with E-state index in [0.717, 1.165) is 3.57 Å². The van der Waals surface area contributed by atoms with E-state index in [0.29, 0.717) is 35.8 Å². The van der Waals surface area contributed by atoms with Crippen molar-refractivity contribution in [1.82, 2.24) is 0 Å². The number of cyclic esters (lactones) is 1. The summed E-state index contributed by atoms with van der Waals surface area (Å²) >= 11 is 2.13. The quantitative estimate of drug-likeness (QED) is 0.127. The summed E-state index contributed by atoms with van der Waals surface area (Å²) in [6.07, 6.45) is 3.23. The topological polar surface area (TPSA) is 100 Å². The number of nitrogens with zero attached hydrogens (tertiary/aromatic N) is 2. The van der Waals surface area contributed by atoms with Crippen molar-refractivity contribution in [3.8, 4) is 11.5 Å². The molecule has 30 heavy (non-hydrogen) atoms. The van der Waals surface area contributed by atoms with Crippen molar-refractivity contribution < 1.29 is 23.9 Å². The SMILES string of the molecule is C=CCOc1c(I)cc(/C=C2\N=C(c3ccc([N+](=O)[O-])cc3)OC2=O)cc1OCC. The number of ether oxygens (including phenoxy) is 3. The highest BCUT2D eigenvalue weighted by atomic mass is 127. The van der Waals surface area contributed by atoms with Crippen LogP contribution in [0.2, 0.25) is 0 Å². The number of rotatable bonds is 8. The zero-order valence-electron chi connectivity index (χ0n) is 16.0. The zero-order chi connectivity index (χ0) is 21.7. The summed E-state index contributed by atoms with van der Waals surface area (Å²) < 4.78 is 17.4. The van der Waals surface area contributed by atoms with Crippen LogP contribution in [0.1, 0.15) is 18.1 Å². The van der Waals surface area contributed by atoms with Gasteiger partial charge >= 0.3 is 5.97 Å². The first-order chi connectivity index (χ1) is 14.4. The smallest absolute Gasteiger partial charge is 0.363 e. The Labute approximate surface area is 186 Å². The van der Waals surface area contributed by atoms with E-state index in [1.807, 2.05) is 13.0 Å². The number of hydrogen-bond donors (Lipinski definition) is 0. The first-order valence-corrected chi connectivity index (χ1v) is 9.98. The fourth-order valence-electron chi connectivity index (χ4n) is 2.63. The summed E-state index contributed by atoms with van der Waals surface area (Å²) in [6.45, 7) is 6.30. The van der Waals surface area contributed by atoms with E-state index < -0.39 is 10.9 Å². The third-order valence-corrected chi connectivity index (χ3v) is 4.73. The largest absolute Gasteiger partial charge is 0.490 e. The molecule has 1 aliphatic rings. The maximum absolute atomic E-state index is 12.3. The number of carbonyl (C=O) groups is 1. The molecule has 8 nitrogen and oxygen atoms in total. The first-order valence-electron chi connectivity index (χ1n) is 8.90. The summed E-state index contributed by atoms with van der Waals surface area (Å²) in [5, 5.41) is 10.8. The molecule has 2 aromatic rings. The Balaban J connectivity index is 1.92. The Hall–Kier alpha value is -3.21.